The van der Waals surface area contributed by atoms with E-state index in [9.17, 15) is 9.18 Å². The zero-order chi connectivity index (χ0) is 16.2. The van der Waals surface area contributed by atoms with Crippen LogP contribution in [0.5, 0.6) is 0 Å². The van der Waals surface area contributed by atoms with Crippen LogP contribution in [0.25, 0.3) is 0 Å². The SMILES string of the molecule is CC(C)(C)OC(=O)N1CCCC[C@H]1CSc1ncc(F)cn1. The van der Waals surface area contributed by atoms with Gasteiger partial charge in [-0.3, -0.25) is 0 Å². The molecule has 1 atom stereocenters. The van der Waals surface area contributed by atoms with Gasteiger partial charge in [0.2, 0.25) is 0 Å². The Balaban J connectivity index is 1.94. The van der Waals surface area contributed by atoms with Gasteiger partial charge in [-0.2, -0.15) is 0 Å². The summed E-state index contributed by atoms with van der Waals surface area (Å²) in [4.78, 5) is 22.0. The summed E-state index contributed by atoms with van der Waals surface area (Å²) in [5.74, 6) is 0.239. The second-order valence-corrected chi connectivity index (χ2v) is 7.31. The molecule has 0 bridgehead atoms. The molecule has 0 aromatic carbocycles. The maximum Gasteiger partial charge on any atom is 0.410 e. The van der Waals surface area contributed by atoms with Crippen LogP contribution in [-0.2, 0) is 4.74 Å². The first kappa shape index (κ1) is 17.0. The zero-order valence-electron chi connectivity index (χ0n) is 13.2. The molecule has 0 radical (unpaired) electrons. The molecular weight excluding hydrogens is 305 g/mol. The molecule has 2 rings (SSSR count). The van der Waals surface area contributed by atoms with Crippen LogP contribution in [0.3, 0.4) is 0 Å². The third-order valence-corrected chi connectivity index (χ3v) is 4.28. The number of hydrogen-bond acceptors (Lipinski definition) is 5. The number of carbonyl (C=O) groups is 1. The average Bonchev–Trinajstić information content (AvgIpc) is 2.45. The molecule has 1 aliphatic heterocycles. The van der Waals surface area contributed by atoms with Crippen LogP contribution in [0.1, 0.15) is 40.0 Å². The summed E-state index contributed by atoms with van der Waals surface area (Å²) in [6.07, 6.45) is 5.07. The van der Waals surface area contributed by atoms with Crippen molar-refractivity contribution in [2.75, 3.05) is 12.3 Å². The summed E-state index contributed by atoms with van der Waals surface area (Å²) >= 11 is 1.44. The van der Waals surface area contributed by atoms with Gasteiger partial charge in [-0.15, -0.1) is 0 Å². The fourth-order valence-corrected chi connectivity index (χ4v) is 3.22. The largest absolute Gasteiger partial charge is 0.444 e. The lowest BCUT2D eigenvalue weighted by Crippen LogP contribution is -2.47. The summed E-state index contributed by atoms with van der Waals surface area (Å²) in [7, 11) is 0. The molecule has 7 heteroatoms. The van der Waals surface area contributed by atoms with Crippen molar-refractivity contribution in [1.29, 1.82) is 0 Å². The molecule has 2 heterocycles. The predicted octanol–water partition coefficient (Wildman–Crippen LogP) is 3.50. The molecule has 1 aromatic heterocycles. The first-order valence-corrected chi connectivity index (χ1v) is 8.44. The summed E-state index contributed by atoms with van der Waals surface area (Å²) in [6.45, 7) is 6.31. The lowest BCUT2D eigenvalue weighted by Gasteiger charge is -2.36. The molecule has 1 aromatic rings. The Bertz CT molecular complexity index is 505. The lowest BCUT2D eigenvalue weighted by molar-refractivity contribution is 0.0125. The number of rotatable bonds is 3. The zero-order valence-corrected chi connectivity index (χ0v) is 14.0. The van der Waals surface area contributed by atoms with Gasteiger partial charge in [0.1, 0.15) is 5.60 Å². The van der Waals surface area contributed by atoms with Crippen LogP contribution in [0.2, 0.25) is 0 Å². The van der Waals surface area contributed by atoms with E-state index in [2.05, 4.69) is 9.97 Å². The molecule has 1 aliphatic rings. The van der Waals surface area contributed by atoms with Crippen molar-refractivity contribution in [3.63, 3.8) is 0 Å². The number of aromatic nitrogens is 2. The molecular formula is C15H22FN3O2S. The predicted molar refractivity (Wildman–Crippen MR) is 83.3 cm³/mol. The summed E-state index contributed by atoms with van der Waals surface area (Å²) in [6, 6.07) is 0.0993. The molecule has 0 spiro atoms. The van der Waals surface area contributed by atoms with E-state index in [1.165, 1.54) is 11.8 Å². The van der Waals surface area contributed by atoms with Gasteiger partial charge in [-0.05, 0) is 40.0 Å². The number of carbonyl (C=O) groups excluding carboxylic acids is 1. The second-order valence-electron chi connectivity index (χ2n) is 6.32. The Morgan fingerprint density at radius 2 is 2.09 bits per heavy atom. The monoisotopic (exact) mass is 327 g/mol. The number of nitrogens with zero attached hydrogens (tertiary/aromatic N) is 3. The summed E-state index contributed by atoms with van der Waals surface area (Å²) in [5, 5.41) is 0.524. The third-order valence-electron chi connectivity index (χ3n) is 3.26. The molecule has 1 saturated heterocycles. The number of thioether (sulfide) groups is 1. The Morgan fingerprint density at radius 3 is 2.73 bits per heavy atom. The molecule has 5 nitrogen and oxygen atoms in total. The topological polar surface area (TPSA) is 55.3 Å². The van der Waals surface area contributed by atoms with Gasteiger partial charge in [-0.1, -0.05) is 11.8 Å². The maximum absolute atomic E-state index is 12.8. The number of amides is 1. The van der Waals surface area contributed by atoms with Gasteiger partial charge in [0.15, 0.2) is 11.0 Å². The highest BCUT2D eigenvalue weighted by Gasteiger charge is 2.30. The van der Waals surface area contributed by atoms with Gasteiger partial charge in [0, 0.05) is 18.3 Å². The Morgan fingerprint density at radius 1 is 1.41 bits per heavy atom. The van der Waals surface area contributed by atoms with Crippen LogP contribution in [-0.4, -0.2) is 44.9 Å². The minimum atomic E-state index is -0.494. The van der Waals surface area contributed by atoms with E-state index in [4.69, 9.17) is 4.74 Å². The van der Waals surface area contributed by atoms with E-state index in [-0.39, 0.29) is 12.1 Å². The fourth-order valence-electron chi connectivity index (χ4n) is 2.28. The number of hydrogen-bond donors (Lipinski definition) is 0. The second kappa shape index (κ2) is 7.26. The van der Waals surface area contributed by atoms with Gasteiger partial charge >= 0.3 is 6.09 Å². The van der Waals surface area contributed by atoms with Gasteiger partial charge in [-0.25, -0.2) is 19.2 Å². The van der Waals surface area contributed by atoms with Crippen molar-refractivity contribution in [3.8, 4) is 0 Å². The van der Waals surface area contributed by atoms with Gasteiger partial charge in [0.05, 0.1) is 12.4 Å². The highest BCUT2D eigenvalue weighted by atomic mass is 32.2. The van der Waals surface area contributed by atoms with E-state index in [1.54, 1.807) is 4.90 Å². The van der Waals surface area contributed by atoms with Crippen LogP contribution in [0.4, 0.5) is 9.18 Å². The van der Waals surface area contributed by atoms with Crippen molar-refractivity contribution in [1.82, 2.24) is 14.9 Å². The highest BCUT2D eigenvalue weighted by Crippen LogP contribution is 2.25. The van der Waals surface area contributed by atoms with Crippen molar-refractivity contribution in [2.24, 2.45) is 0 Å². The van der Waals surface area contributed by atoms with Gasteiger partial charge < -0.3 is 9.64 Å². The van der Waals surface area contributed by atoms with Crippen molar-refractivity contribution in [2.45, 2.75) is 56.8 Å². The Hall–Kier alpha value is -1.37. The van der Waals surface area contributed by atoms with E-state index in [0.29, 0.717) is 17.5 Å². The standard InChI is InChI=1S/C15H22FN3O2S/c1-15(2,3)21-14(20)19-7-5-4-6-12(19)10-22-13-17-8-11(16)9-18-13/h8-9,12H,4-7,10H2,1-3H3/t12-/m0/s1. The molecule has 0 saturated carbocycles. The Labute approximate surface area is 134 Å². The van der Waals surface area contributed by atoms with E-state index in [1.807, 2.05) is 20.8 Å². The minimum absolute atomic E-state index is 0.0993. The minimum Gasteiger partial charge on any atom is -0.444 e. The number of halogens is 1. The van der Waals surface area contributed by atoms with Crippen molar-refractivity contribution < 1.29 is 13.9 Å². The smallest absolute Gasteiger partial charge is 0.410 e. The Kier molecular flexibility index (Phi) is 5.61. The van der Waals surface area contributed by atoms with Crippen molar-refractivity contribution >= 4 is 17.9 Å². The molecule has 122 valence electrons. The van der Waals surface area contributed by atoms with Crippen LogP contribution in [0.15, 0.2) is 17.6 Å². The third kappa shape index (κ3) is 5.12. The quantitative estimate of drug-likeness (QED) is 0.628. The molecule has 0 unspecified atom stereocenters. The first-order chi connectivity index (χ1) is 10.3. The molecule has 22 heavy (non-hydrogen) atoms. The van der Waals surface area contributed by atoms with E-state index < -0.39 is 11.4 Å². The molecule has 1 amide bonds. The van der Waals surface area contributed by atoms with E-state index >= 15 is 0 Å². The number of piperidine rings is 1. The summed E-state index contributed by atoms with van der Waals surface area (Å²) < 4.78 is 18.3. The van der Waals surface area contributed by atoms with E-state index in [0.717, 1.165) is 31.7 Å². The summed E-state index contributed by atoms with van der Waals surface area (Å²) in [5.41, 5.74) is -0.494. The first-order valence-electron chi connectivity index (χ1n) is 7.45. The van der Waals surface area contributed by atoms with Crippen LogP contribution >= 0.6 is 11.8 Å². The molecule has 0 N–H and O–H groups in total. The molecule has 1 fully saturated rings. The van der Waals surface area contributed by atoms with Gasteiger partial charge in [0.25, 0.3) is 0 Å². The highest BCUT2D eigenvalue weighted by molar-refractivity contribution is 7.99. The maximum atomic E-state index is 12.8. The molecule has 0 aliphatic carbocycles. The van der Waals surface area contributed by atoms with Crippen LogP contribution < -0.4 is 0 Å². The number of likely N-dealkylation sites (tertiary alicyclic amines) is 1. The number of ether oxygens (including phenoxy) is 1. The van der Waals surface area contributed by atoms with Crippen molar-refractivity contribution in [3.05, 3.63) is 18.2 Å². The lowest BCUT2D eigenvalue weighted by atomic mass is 10.0. The normalized spacial score (nSPS) is 19.1. The van der Waals surface area contributed by atoms with Crippen LogP contribution in [0, 0.1) is 5.82 Å². The average molecular weight is 327 g/mol. The fraction of sp³-hybridized carbons (Fsp3) is 0.667.